The molecule has 1 N–H and O–H groups in total. The molecule has 1 aromatic rings. The van der Waals surface area contributed by atoms with Crippen LogP contribution >= 0.6 is 15.9 Å². The van der Waals surface area contributed by atoms with Crippen molar-refractivity contribution < 1.29 is 4.74 Å². The van der Waals surface area contributed by atoms with E-state index in [9.17, 15) is 0 Å². The highest BCUT2D eigenvalue weighted by Crippen LogP contribution is 2.38. The predicted octanol–water partition coefficient (Wildman–Crippen LogP) is 2.46. The third-order valence-electron chi connectivity index (χ3n) is 3.28. The van der Waals surface area contributed by atoms with Crippen molar-refractivity contribution >= 4 is 15.9 Å². The SMILES string of the molecule is Brc1cc2c(c(C3CCNC3)c1)OCC2. The fourth-order valence-corrected chi connectivity index (χ4v) is 3.04. The Bertz CT molecular complexity index is 385. The summed E-state index contributed by atoms with van der Waals surface area (Å²) in [4.78, 5) is 0. The van der Waals surface area contributed by atoms with E-state index in [1.807, 2.05) is 0 Å². The van der Waals surface area contributed by atoms with Crippen molar-refractivity contribution in [2.24, 2.45) is 0 Å². The normalized spacial score (nSPS) is 23.9. The summed E-state index contributed by atoms with van der Waals surface area (Å²) < 4.78 is 6.94. The standard InChI is InChI=1S/C12H14BrNO/c13-10-5-8-2-4-15-12(8)11(6-10)9-1-3-14-7-9/h5-6,9,14H,1-4,7H2. The van der Waals surface area contributed by atoms with Gasteiger partial charge in [0, 0.05) is 23.4 Å². The molecule has 1 saturated heterocycles. The van der Waals surface area contributed by atoms with E-state index >= 15 is 0 Å². The molecule has 1 atom stereocenters. The molecule has 15 heavy (non-hydrogen) atoms. The Morgan fingerprint density at radius 3 is 3.13 bits per heavy atom. The van der Waals surface area contributed by atoms with Crippen LogP contribution in [0.5, 0.6) is 5.75 Å². The smallest absolute Gasteiger partial charge is 0.126 e. The van der Waals surface area contributed by atoms with Gasteiger partial charge in [0.15, 0.2) is 0 Å². The largest absolute Gasteiger partial charge is 0.493 e. The Labute approximate surface area is 98.1 Å². The Balaban J connectivity index is 2.05. The summed E-state index contributed by atoms with van der Waals surface area (Å²) in [6, 6.07) is 4.41. The zero-order chi connectivity index (χ0) is 10.3. The highest BCUT2D eigenvalue weighted by Gasteiger charge is 2.25. The predicted molar refractivity (Wildman–Crippen MR) is 63.6 cm³/mol. The maximum atomic E-state index is 5.75. The van der Waals surface area contributed by atoms with Crippen LogP contribution in [-0.2, 0) is 6.42 Å². The lowest BCUT2D eigenvalue weighted by molar-refractivity contribution is 0.351. The molecule has 0 bridgehead atoms. The van der Waals surface area contributed by atoms with Gasteiger partial charge in [0.2, 0.25) is 0 Å². The number of fused-ring (bicyclic) bond motifs is 1. The molecule has 0 spiro atoms. The number of hydrogen-bond acceptors (Lipinski definition) is 2. The third-order valence-corrected chi connectivity index (χ3v) is 3.74. The van der Waals surface area contributed by atoms with E-state index in [-0.39, 0.29) is 0 Å². The molecule has 1 aromatic carbocycles. The lowest BCUT2D eigenvalue weighted by atomic mass is 9.95. The highest BCUT2D eigenvalue weighted by atomic mass is 79.9. The molecule has 2 aliphatic rings. The van der Waals surface area contributed by atoms with E-state index in [1.54, 1.807) is 0 Å². The summed E-state index contributed by atoms with van der Waals surface area (Å²) in [6.45, 7) is 3.07. The van der Waals surface area contributed by atoms with Gasteiger partial charge < -0.3 is 10.1 Å². The molecular formula is C12H14BrNO. The van der Waals surface area contributed by atoms with Crippen LogP contribution in [-0.4, -0.2) is 19.7 Å². The highest BCUT2D eigenvalue weighted by molar-refractivity contribution is 9.10. The van der Waals surface area contributed by atoms with Gasteiger partial charge in [-0.25, -0.2) is 0 Å². The molecule has 1 fully saturated rings. The number of rotatable bonds is 1. The Morgan fingerprint density at radius 1 is 1.40 bits per heavy atom. The van der Waals surface area contributed by atoms with E-state index in [4.69, 9.17) is 4.74 Å². The summed E-state index contributed by atoms with van der Waals surface area (Å²) >= 11 is 3.59. The fourth-order valence-electron chi connectivity index (χ4n) is 2.52. The van der Waals surface area contributed by atoms with Crippen LogP contribution in [0, 0.1) is 0 Å². The maximum absolute atomic E-state index is 5.75. The molecule has 1 unspecified atom stereocenters. The zero-order valence-electron chi connectivity index (χ0n) is 8.55. The first-order chi connectivity index (χ1) is 7.34. The third kappa shape index (κ3) is 1.68. The number of benzene rings is 1. The molecule has 2 nitrogen and oxygen atoms in total. The second-order valence-corrected chi connectivity index (χ2v) is 5.19. The van der Waals surface area contributed by atoms with Gasteiger partial charge in [-0.3, -0.25) is 0 Å². The van der Waals surface area contributed by atoms with Crippen molar-refractivity contribution in [2.45, 2.75) is 18.8 Å². The fraction of sp³-hybridized carbons (Fsp3) is 0.500. The minimum atomic E-state index is 0.634. The lowest BCUT2D eigenvalue weighted by Gasteiger charge is -2.14. The van der Waals surface area contributed by atoms with Gasteiger partial charge in [0.1, 0.15) is 5.75 Å². The molecule has 2 heterocycles. The van der Waals surface area contributed by atoms with E-state index in [0.717, 1.165) is 31.9 Å². The Hall–Kier alpha value is -0.540. The molecule has 3 heteroatoms. The van der Waals surface area contributed by atoms with Gasteiger partial charge in [-0.1, -0.05) is 15.9 Å². The second-order valence-electron chi connectivity index (χ2n) is 4.27. The average molecular weight is 268 g/mol. The van der Waals surface area contributed by atoms with Gasteiger partial charge in [0.25, 0.3) is 0 Å². The van der Waals surface area contributed by atoms with Crippen molar-refractivity contribution in [2.75, 3.05) is 19.7 Å². The van der Waals surface area contributed by atoms with E-state index in [1.165, 1.54) is 22.0 Å². The van der Waals surface area contributed by atoms with Gasteiger partial charge >= 0.3 is 0 Å². The van der Waals surface area contributed by atoms with Gasteiger partial charge in [-0.05, 0) is 36.2 Å². The zero-order valence-corrected chi connectivity index (χ0v) is 10.1. The van der Waals surface area contributed by atoms with Crippen LogP contribution in [0.15, 0.2) is 16.6 Å². The Morgan fingerprint density at radius 2 is 2.33 bits per heavy atom. The van der Waals surface area contributed by atoms with Crippen LogP contribution in [0.4, 0.5) is 0 Å². The van der Waals surface area contributed by atoms with E-state index < -0.39 is 0 Å². The quantitative estimate of drug-likeness (QED) is 0.844. The number of hydrogen-bond donors (Lipinski definition) is 1. The summed E-state index contributed by atoms with van der Waals surface area (Å²) in [5, 5.41) is 3.41. The first-order valence-corrected chi connectivity index (χ1v) is 6.30. The molecule has 0 aliphatic carbocycles. The summed E-state index contributed by atoms with van der Waals surface area (Å²) in [5.74, 6) is 1.79. The number of ether oxygens (including phenoxy) is 1. The summed E-state index contributed by atoms with van der Waals surface area (Å²) in [5.41, 5.74) is 2.76. The summed E-state index contributed by atoms with van der Waals surface area (Å²) in [7, 11) is 0. The van der Waals surface area contributed by atoms with Crippen LogP contribution in [0.3, 0.4) is 0 Å². The molecule has 0 amide bonds. The first kappa shape index (κ1) is 9.67. The molecular weight excluding hydrogens is 254 g/mol. The average Bonchev–Trinajstić information content (AvgIpc) is 2.86. The molecule has 0 aromatic heterocycles. The van der Waals surface area contributed by atoms with Crippen molar-refractivity contribution in [3.8, 4) is 5.75 Å². The molecule has 3 rings (SSSR count). The van der Waals surface area contributed by atoms with Crippen molar-refractivity contribution in [1.82, 2.24) is 5.32 Å². The monoisotopic (exact) mass is 267 g/mol. The topological polar surface area (TPSA) is 21.3 Å². The summed E-state index contributed by atoms with van der Waals surface area (Å²) in [6.07, 6.45) is 2.29. The van der Waals surface area contributed by atoms with Gasteiger partial charge in [-0.15, -0.1) is 0 Å². The minimum absolute atomic E-state index is 0.634. The van der Waals surface area contributed by atoms with Crippen molar-refractivity contribution in [3.05, 3.63) is 27.7 Å². The molecule has 2 aliphatic heterocycles. The van der Waals surface area contributed by atoms with E-state index in [0.29, 0.717) is 5.92 Å². The van der Waals surface area contributed by atoms with Gasteiger partial charge in [-0.2, -0.15) is 0 Å². The number of halogens is 1. The van der Waals surface area contributed by atoms with Crippen LogP contribution in [0.2, 0.25) is 0 Å². The van der Waals surface area contributed by atoms with Crippen molar-refractivity contribution in [3.63, 3.8) is 0 Å². The van der Waals surface area contributed by atoms with Gasteiger partial charge in [0.05, 0.1) is 6.61 Å². The lowest BCUT2D eigenvalue weighted by Crippen LogP contribution is -2.08. The van der Waals surface area contributed by atoms with Crippen LogP contribution < -0.4 is 10.1 Å². The van der Waals surface area contributed by atoms with Crippen LogP contribution in [0.1, 0.15) is 23.5 Å². The second kappa shape index (κ2) is 3.80. The molecule has 0 saturated carbocycles. The minimum Gasteiger partial charge on any atom is -0.493 e. The number of nitrogens with one attached hydrogen (secondary N) is 1. The molecule has 80 valence electrons. The molecule has 0 radical (unpaired) electrons. The van der Waals surface area contributed by atoms with Crippen LogP contribution in [0.25, 0.3) is 0 Å². The first-order valence-electron chi connectivity index (χ1n) is 5.50. The van der Waals surface area contributed by atoms with E-state index in [2.05, 4.69) is 33.4 Å². The van der Waals surface area contributed by atoms with Crippen molar-refractivity contribution in [1.29, 1.82) is 0 Å². The maximum Gasteiger partial charge on any atom is 0.126 e. The Kier molecular flexibility index (Phi) is 2.45.